The van der Waals surface area contributed by atoms with E-state index in [0.717, 1.165) is 77.5 Å². The number of carbonyl (C=O) groups excluding carboxylic acids is 1. The Balaban J connectivity index is 1.21. The third-order valence-electron chi connectivity index (χ3n) is 10.7. The van der Waals surface area contributed by atoms with Crippen LogP contribution in [-0.2, 0) is 20.2 Å². The van der Waals surface area contributed by atoms with Crippen LogP contribution in [0.3, 0.4) is 0 Å². The number of H-pyrrole nitrogens is 1. The lowest BCUT2D eigenvalue weighted by atomic mass is 9.91. The lowest BCUT2D eigenvalue weighted by molar-refractivity contribution is -0.143. The summed E-state index contributed by atoms with van der Waals surface area (Å²) in [5, 5.41) is 9.50. The first-order valence-electron chi connectivity index (χ1n) is 17.1. The Bertz CT molecular complexity index is 1950. The first-order valence-corrected chi connectivity index (χ1v) is 18.6. The summed E-state index contributed by atoms with van der Waals surface area (Å²) in [5.74, 6) is 0.575. The Labute approximate surface area is 284 Å². The molecule has 2 N–H and O–H groups in total. The molecule has 1 saturated carbocycles. The van der Waals surface area contributed by atoms with Crippen LogP contribution in [0.1, 0.15) is 69.1 Å². The highest BCUT2D eigenvalue weighted by Crippen LogP contribution is 2.54. The van der Waals surface area contributed by atoms with Gasteiger partial charge in [0.15, 0.2) is 0 Å². The molecule has 3 aromatic carbocycles. The molecule has 10 heteroatoms. The molecule has 0 spiro atoms. The molecular formula is C38H47N5O4S. The third-order valence-corrected chi connectivity index (χ3v) is 12.1. The monoisotopic (exact) mass is 669 g/mol. The van der Waals surface area contributed by atoms with Crippen molar-refractivity contribution >= 4 is 32.4 Å². The normalized spacial score (nSPS) is 20.0. The third kappa shape index (κ3) is 5.76. The van der Waals surface area contributed by atoms with E-state index in [2.05, 4.69) is 51.9 Å². The molecule has 1 aliphatic carbocycles. The van der Waals surface area contributed by atoms with Gasteiger partial charge in [-0.2, -0.15) is 0 Å². The Kier molecular flexibility index (Phi) is 8.10. The minimum atomic E-state index is -3.89. The number of ether oxygens (including phenoxy) is 1. The number of hydrogen-bond donors (Lipinski definition) is 2. The van der Waals surface area contributed by atoms with Gasteiger partial charge in [0.1, 0.15) is 6.61 Å². The predicted octanol–water partition coefficient (Wildman–Crippen LogP) is 6.48. The maximum atomic E-state index is 14.1. The van der Waals surface area contributed by atoms with Crippen molar-refractivity contribution in [1.82, 2.24) is 19.8 Å². The summed E-state index contributed by atoms with van der Waals surface area (Å²) >= 11 is 0. The van der Waals surface area contributed by atoms with Crippen LogP contribution in [0.25, 0.3) is 22.0 Å². The van der Waals surface area contributed by atoms with Gasteiger partial charge in [-0.3, -0.25) is 9.89 Å². The van der Waals surface area contributed by atoms with Gasteiger partial charge in [0.2, 0.25) is 21.8 Å². The van der Waals surface area contributed by atoms with Crippen molar-refractivity contribution in [3.8, 4) is 17.1 Å². The average Bonchev–Trinajstić information content (AvgIpc) is 3.34. The molecule has 2 bridgehead atoms. The largest absolute Gasteiger partial charge is 0.475 e. The molecule has 9 nitrogen and oxygen atoms in total. The topological polar surface area (TPSA) is 108 Å². The second-order valence-electron chi connectivity index (χ2n) is 15.1. The Hall–Kier alpha value is -3.89. The molecule has 48 heavy (non-hydrogen) atoms. The second kappa shape index (κ2) is 11.9. The van der Waals surface area contributed by atoms with E-state index in [1.165, 1.54) is 0 Å². The molecule has 2 aliphatic heterocycles. The van der Waals surface area contributed by atoms with Gasteiger partial charge in [-0.15, -0.1) is 5.10 Å². The molecule has 3 aliphatic rings. The van der Waals surface area contributed by atoms with Crippen molar-refractivity contribution in [2.75, 3.05) is 32.1 Å². The standard InChI is InChI=1S/C38H47N5O4S/c1-24-19-25(2)21-27(20-24)34-33(35(41-40-34)47-23-37(3,4)36(44)43-28-13-14-29(43)16-15-28)38(17-18-38)22-39-48(45,46)31-12-8-10-26-9-7-11-30(32(26)31)42(5)6/h7-12,19-21,28-29,39H,13-18,22-23H2,1-6H3,(H,40,41). The summed E-state index contributed by atoms with van der Waals surface area (Å²) in [4.78, 5) is 18.1. The number of rotatable bonds is 11. The number of carbonyl (C=O) groups is 1. The molecule has 2 saturated heterocycles. The number of sulfonamides is 1. The zero-order valence-electron chi connectivity index (χ0n) is 28.9. The van der Waals surface area contributed by atoms with Gasteiger partial charge in [0.25, 0.3) is 0 Å². The van der Waals surface area contributed by atoms with Crippen LogP contribution < -0.4 is 14.4 Å². The van der Waals surface area contributed by atoms with Crippen LogP contribution in [0.4, 0.5) is 5.69 Å². The summed E-state index contributed by atoms with van der Waals surface area (Å²) in [7, 11) is -0.0487. The summed E-state index contributed by atoms with van der Waals surface area (Å²) < 4.78 is 37.7. The minimum absolute atomic E-state index is 0.139. The molecular weight excluding hydrogens is 623 g/mol. The summed E-state index contributed by atoms with van der Waals surface area (Å²) in [6.07, 6.45) is 5.91. The van der Waals surface area contributed by atoms with E-state index < -0.39 is 20.9 Å². The SMILES string of the molecule is Cc1cc(C)cc(-c2[nH]nc(OCC(C)(C)C(=O)N3C4CCC3CC4)c2C2(CNS(=O)(=O)c3cccc4cccc(N(C)C)c34)CC2)c1. The van der Waals surface area contributed by atoms with E-state index in [1.807, 2.05) is 57.1 Å². The maximum absolute atomic E-state index is 14.1. The van der Waals surface area contributed by atoms with E-state index in [0.29, 0.717) is 23.3 Å². The number of aryl methyl sites for hydroxylation is 2. The molecule has 0 unspecified atom stereocenters. The zero-order valence-corrected chi connectivity index (χ0v) is 29.7. The fourth-order valence-electron chi connectivity index (χ4n) is 8.02. The van der Waals surface area contributed by atoms with Gasteiger partial charge >= 0.3 is 0 Å². The van der Waals surface area contributed by atoms with Crippen molar-refractivity contribution in [3.05, 3.63) is 71.3 Å². The molecule has 0 radical (unpaired) electrons. The van der Waals surface area contributed by atoms with Gasteiger partial charge in [0, 0.05) is 60.3 Å². The number of benzene rings is 3. The molecule has 0 atom stereocenters. The lowest BCUT2D eigenvalue weighted by Crippen LogP contribution is -2.46. The molecule has 1 aromatic heterocycles. The Morgan fingerprint density at radius 3 is 2.25 bits per heavy atom. The number of hydrogen-bond acceptors (Lipinski definition) is 6. The summed E-state index contributed by atoms with van der Waals surface area (Å²) in [5.41, 5.74) is 4.51. The van der Waals surface area contributed by atoms with Crippen molar-refractivity contribution in [2.24, 2.45) is 5.41 Å². The van der Waals surface area contributed by atoms with Crippen molar-refractivity contribution < 1.29 is 17.9 Å². The van der Waals surface area contributed by atoms with Crippen molar-refractivity contribution in [1.29, 1.82) is 0 Å². The molecule has 4 aromatic rings. The van der Waals surface area contributed by atoms with E-state index in [9.17, 15) is 13.2 Å². The van der Waals surface area contributed by atoms with Gasteiger partial charge in [-0.1, -0.05) is 41.5 Å². The van der Waals surface area contributed by atoms with Gasteiger partial charge in [0.05, 0.1) is 16.0 Å². The van der Waals surface area contributed by atoms with Crippen molar-refractivity contribution in [2.45, 2.75) is 88.6 Å². The van der Waals surface area contributed by atoms with Crippen LogP contribution in [0.15, 0.2) is 59.5 Å². The van der Waals surface area contributed by atoms with Crippen LogP contribution >= 0.6 is 0 Å². The molecule has 1 amide bonds. The van der Waals surface area contributed by atoms with E-state index in [4.69, 9.17) is 4.74 Å². The first-order chi connectivity index (χ1) is 22.8. The Morgan fingerprint density at radius 2 is 1.65 bits per heavy atom. The quantitative estimate of drug-likeness (QED) is 0.189. The molecule has 3 fully saturated rings. The van der Waals surface area contributed by atoms with Crippen molar-refractivity contribution in [3.63, 3.8) is 0 Å². The lowest BCUT2D eigenvalue weighted by Gasteiger charge is -2.32. The number of aromatic nitrogens is 2. The number of nitrogens with one attached hydrogen (secondary N) is 2. The van der Waals surface area contributed by atoms with Gasteiger partial charge in [-0.25, -0.2) is 13.1 Å². The predicted molar refractivity (Wildman–Crippen MR) is 190 cm³/mol. The van der Waals surface area contributed by atoms with Crippen LogP contribution in [0.2, 0.25) is 0 Å². The van der Waals surface area contributed by atoms with Crippen LogP contribution in [0.5, 0.6) is 5.88 Å². The van der Waals surface area contributed by atoms with Crippen LogP contribution in [-0.4, -0.2) is 68.8 Å². The van der Waals surface area contributed by atoms with E-state index >= 15 is 0 Å². The Morgan fingerprint density at radius 1 is 1.02 bits per heavy atom. The average molecular weight is 670 g/mol. The first kappa shape index (κ1) is 32.6. The summed E-state index contributed by atoms with van der Waals surface area (Å²) in [6, 6.07) is 18.3. The second-order valence-corrected chi connectivity index (χ2v) is 16.9. The fourth-order valence-corrected chi connectivity index (χ4v) is 9.39. The van der Waals surface area contributed by atoms with Gasteiger partial charge in [-0.05, 0) is 95.9 Å². The maximum Gasteiger partial charge on any atom is 0.241 e. The smallest absolute Gasteiger partial charge is 0.241 e. The highest BCUT2D eigenvalue weighted by atomic mass is 32.2. The number of aromatic amines is 1. The van der Waals surface area contributed by atoms with Gasteiger partial charge < -0.3 is 14.5 Å². The zero-order chi connectivity index (χ0) is 34.0. The minimum Gasteiger partial charge on any atom is -0.475 e. The van der Waals surface area contributed by atoms with Crippen LogP contribution in [0, 0.1) is 19.3 Å². The fraction of sp³-hybridized carbons (Fsp3) is 0.474. The van der Waals surface area contributed by atoms with E-state index in [1.54, 1.807) is 12.1 Å². The number of amides is 1. The summed E-state index contributed by atoms with van der Waals surface area (Å²) in [6.45, 7) is 8.42. The van der Waals surface area contributed by atoms with E-state index in [-0.39, 0.29) is 24.0 Å². The molecule has 7 rings (SSSR count). The molecule has 254 valence electrons. The highest BCUT2D eigenvalue weighted by molar-refractivity contribution is 7.89. The molecule has 3 heterocycles. The number of fused-ring (bicyclic) bond motifs is 3. The highest BCUT2D eigenvalue weighted by Gasteiger charge is 2.51. The number of nitrogens with zero attached hydrogens (tertiary/aromatic N) is 3. The number of anilines is 1.